The van der Waals surface area contributed by atoms with Gasteiger partial charge in [0.25, 0.3) is 5.91 Å². The zero-order chi connectivity index (χ0) is 31.9. The number of ether oxygens (including phenoxy) is 1. The van der Waals surface area contributed by atoms with Gasteiger partial charge in [-0.3, -0.25) is 28.9 Å². The maximum absolute atomic E-state index is 14.3. The number of fused-ring (bicyclic) bond motifs is 2. The number of ketones is 1. The van der Waals surface area contributed by atoms with E-state index in [9.17, 15) is 28.8 Å². The lowest BCUT2D eigenvalue weighted by atomic mass is 9.85. The Morgan fingerprint density at radius 2 is 1.72 bits per heavy atom. The Morgan fingerprint density at radius 1 is 1.05 bits per heavy atom. The van der Waals surface area contributed by atoms with Gasteiger partial charge in [0.15, 0.2) is 0 Å². The maximum atomic E-state index is 14.3. The van der Waals surface area contributed by atoms with E-state index in [1.165, 1.54) is 4.90 Å². The molecule has 4 rings (SSSR count). The molecule has 3 heterocycles. The van der Waals surface area contributed by atoms with Crippen molar-refractivity contribution in [2.24, 2.45) is 5.41 Å². The fourth-order valence-electron chi connectivity index (χ4n) is 6.29. The number of alkyl carbamates (subject to hydrolysis) is 1. The molecule has 0 radical (unpaired) electrons. The third kappa shape index (κ3) is 7.30. The average Bonchev–Trinajstić information content (AvgIpc) is 3.31. The molecular weight excluding hydrogens is 556 g/mol. The molecule has 4 aliphatic rings. The van der Waals surface area contributed by atoms with Gasteiger partial charge in [-0.15, -0.1) is 0 Å². The lowest BCUT2D eigenvalue weighted by Crippen LogP contribution is -2.60. The number of nitrogens with zero attached hydrogens (tertiary/aromatic N) is 2. The van der Waals surface area contributed by atoms with Crippen LogP contribution < -0.4 is 21.3 Å². The highest BCUT2D eigenvalue weighted by Gasteiger charge is 2.61. The molecule has 3 unspecified atom stereocenters. The summed E-state index contributed by atoms with van der Waals surface area (Å²) in [6, 6.07) is -3.52. The number of hydrogen-bond acceptors (Lipinski definition) is 8. The van der Waals surface area contributed by atoms with Crippen molar-refractivity contribution < 1.29 is 33.5 Å². The molecule has 4 N–H and O–H groups in total. The van der Waals surface area contributed by atoms with E-state index in [1.54, 1.807) is 41.5 Å². The number of carbonyl (C=O) groups excluding carboxylic acids is 6. The predicted molar refractivity (Wildman–Crippen MR) is 156 cm³/mol. The standard InChI is InChI=1S/C30H48N6O7/c1-8-10-18(21(37)25(40)31-17-12-13-17)32-23(38)20-15-30(34-24(39)19-11-9-14-36(19)30)16-35(20)26(41)22(28(2,3)4)33-27(42)43-29(5,6)7/h17-20,22H,8-16H2,1-7H3,(H,31,40)(H,32,38)(H,33,42)(H,34,39)/t18?,19?,20-,22+,30?/m0/s1. The molecule has 13 heteroatoms. The van der Waals surface area contributed by atoms with Crippen LogP contribution in [0.3, 0.4) is 0 Å². The first-order chi connectivity index (χ1) is 20.0. The zero-order valence-corrected chi connectivity index (χ0v) is 26.5. The first kappa shape index (κ1) is 32.7. The van der Waals surface area contributed by atoms with E-state index in [4.69, 9.17) is 4.74 Å². The Morgan fingerprint density at radius 3 is 2.30 bits per heavy atom. The van der Waals surface area contributed by atoms with Gasteiger partial charge >= 0.3 is 6.09 Å². The molecule has 1 aliphatic carbocycles. The quantitative estimate of drug-likeness (QED) is 0.282. The van der Waals surface area contributed by atoms with E-state index >= 15 is 0 Å². The Bertz CT molecular complexity index is 1160. The van der Waals surface area contributed by atoms with Crippen LogP contribution in [0.5, 0.6) is 0 Å². The van der Waals surface area contributed by atoms with Crippen LogP contribution in [-0.4, -0.2) is 99.9 Å². The van der Waals surface area contributed by atoms with Crippen LogP contribution in [0, 0.1) is 5.41 Å². The minimum Gasteiger partial charge on any atom is -0.444 e. The van der Waals surface area contributed by atoms with Gasteiger partial charge in [-0.05, 0) is 58.3 Å². The van der Waals surface area contributed by atoms with Crippen LogP contribution in [-0.2, 0) is 28.7 Å². The van der Waals surface area contributed by atoms with Gasteiger partial charge < -0.3 is 30.9 Å². The van der Waals surface area contributed by atoms with Gasteiger partial charge in [-0.1, -0.05) is 34.1 Å². The van der Waals surface area contributed by atoms with Gasteiger partial charge in [-0.2, -0.15) is 0 Å². The maximum Gasteiger partial charge on any atom is 0.408 e. The van der Waals surface area contributed by atoms with Crippen molar-refractivity contribution in [2.45, 2.75) is 135 Å². The van der Waals surface area contributed by atoms with Crippen LogP contribution >= 0.6 is 0 Å². The van der Waals surface area contributed by atoms with Gasteiger partial charge in [0, 0.05) is 19.0 Å². The molecule has 1 spiro atoms. The molecule has 240 valence electrons. The molecule has 5 atom stereocenters. The molecule has 43 heavy (non-hydrogen) atoms. The van der Waals surface area contributed by atoms with Crippen molar-refractivity contribution in [1.82, 2.24) is 31.1 Å². The number of nitrogens with one attached hydrogen (secondary N) is 4. The van der Waals surface area contributed by atoms with Crippen LogP contribution in [0.4, 0.5) is 4.79 Å². The van der Waals surface area contributed by atoms with E-state index in [0.717, 1.165) is 19.3 Å². The fraction of sp³-hybridized carbons (Fsp3) is 0.800. The Hall–Kier alpha value is -3.22. The second-order valence-corrected chi connectivity index (χ2v) is 14.5. The summed E-state index contributed by atoms with van der Waals surface area (Å²) in [4.78, 5) is 83.1. The summed E-state index contributed by atoms with van der Waals surface area (Å²) in [6.07, 6.45) is 3.29. The van der Waals surface area contributed by atoms with Crippen molar-refractivity contribution in [2.75, 3.05) is 13.1 Å². The number of hydrogen-bond donors (Lipinski definition) is 4. The van der Waals surface area contributed by atoms with Crippen LogP contribution in [0.1, 0.15) is 93.4 Å². The Labute approximate surface area is 253 Å². The summed E-state index contributed by atoms with van der Waals surface area (Å²) in [5.74, 6) is -2.67. The van der Waals surface area contributed by atoms with Crippen molar-refractivity contribution in [3.8, 4) is 0 Å². The Balaban J connectivity index is 1.62. The lowest BCUT2D eigenvalue weighted by molar-refractivity contribution is -0.144. The van der Waals surface area contributed by atoms with Crippen LogP contribution in [0.25, 0.3) is 0 Å². The number of amides is 5. The highest BCUT2D eigenvalue weighted by Crippen LogP contribution is 2.41. The number of Topliss-reactive ketones (excluding diaryl/α,β-unsaturated/α-hetero) is 1. The highest BCUT2D eigenvalue weighted by atomic mass is 16.6. The molecule has 0 aromatic rings. The largest absolute Gasteiger partial charge is 0.444 e. The number of likely N-dealkylation sites (tertiary alicyclic amines) is 1. The summed E-state index contributed by atoms with van der Waals surface area (Å²) in [6.45, 7) is 13.1. The van der Waals surface area contributed by atoms with Crippen molar-refractivity contribution in [3.05, 3.63) is 0 Å². The molecule has 4 fully saturated rings. The van der Waals surface area contributed by atoms with Gasteiger partial charge in [-0.25, -0.2) is 4.79 Å². The molecule has 0 aromatic carbocycles. The van der Waals surface area contributed by atoms with Gasteiger partial charge in [0.2, 0.25) is 23.5 Å². The van der Waals surface area contributed by atoms with E-state index in [2.05, 4.69) is 21.3 Å². The first-order valence-electron chi connectivity index (χ1n) is 15.5. The summed E-state index contributed by atoms with van der Waals surface area (Å²) < 4.78 is 5.43. The molecule has 5 amide bonds. The normalized spacial score (nSPS) is 26.9. The van der Waals surface area contributed by atoms with E-state index in [-0.39, 0.29) is 37.4 Å². The Kier molecular flexibility index (Phi) is 9.16. The van der Waals surface area contributed by atoms with Crippen molar-refractivity contribution in [1.29, 1.82) is 0 Å². The van der Waals surface area contributed by atoms with Crippen molar-refractivity contribution >= 4 is 35.5 Å². The van der Waals surface area contributed by atoms with E-state index in [0.29, 0.717) is 19.4 Å². The van der Waals surface area contributed by atoms with Gasteiger partial charge in [0.05, 0.1) is 18.6 Å². The predicted octanol–water partition coefficient (Wildman–Crippen LogP) is 0.950. The zero-order valence-electron chi connectivity index (χ0n) is 26.5. The highest BCUT2D eigenvalue weighted by molar-refractivity contribution is 6.38. The molecule has 0 bridgehead atoms. The molecular formula is C30H48N6O7. The minimum absolute atomic E-state index is 0.0107. The monoisotopic (exact) mass is 604 g/mol. The number of rotatable bonds is 9. The molecule has 13 nitrogen and oxygen atoms in total. The summed E-state index contributed by atoms with van der Waals surface area (Å²) in [7, 11) is 0. The van der Waals surface area contributed by atoms with Gasteiger partial charge in [0.1, 0.15) is 23.3 Å². The van der Waals surface area contributed by atoms with Crippen molar-refractivity contribution in [3.63, 3.8) is 0 Å². The average molecular weight is 605 g/mol. The minimum atomic E-state index is -1.06. The third-order valence-corrected chi connectivity index (χ3v) is 8.51. The fourth-order valence-corrected chi connectivity index (χ4v) is 6.29. The van der Waals surface area contributed by atoms with E-state index in [1.807, 2.05) is 11.8 Å². The molecule has 0 aromatic heterocycles. The number of carbonyl (C=O) groups is 6. The molecule has 3 saturated heterocycles. The lowest BCUT2D eigenvalue weighted by Gasteiger charge is -2.37. The SMILES string of the molecule is CCCC(NC(=O)[C@@H]1CC2(CN1C(=O)[C@@H](NC(=O)OC(C)(C)C)C(C)(C)C)NC(=O)C1CCCN12)C(=O)C(=O)NC1CC1. The second kappa shape index (κ2) is 12.0. The summed E-state index contributed by atoms with van der Waals surface area (Å²) >= 11 is 0. The smallest absolute Gasteiger partial charge is 0.408 e. The van der Waals surface area contributed by atoms with E-state index < -0.39 is 64.4 Å². The molecule has 3 aliphatic heterocycles. The van der Waals surface area contributed by atoms with Crippen LogP contribution in [0.15, 0.2) is 0 Å². The first-order valence-corrected chi connectivity index (χ1v) is 15.5. The summed E-state index contributed by atoms with van der Waals surface area (Å²) in [5.41, 5.74) is -2.51. The third-order valence-electron chi connectivity index (χ3n) is 8.51. The molecule has 1 saturated carbocycles. The van der Waals surface area contributed by atoms with Crippen LogP contribution in [0.2, 0.25) is 0 Å². The summed E-state index contributed by atoms with van der Waals surface area (Å²) in [5, 5.41) is 11.2. The topological polar surface area (TPSA) is 166 Å². The second-order valence-electron chi connectivity index (χ2n) is 14.5.